The highest BCUT2D eigenvalue weighted by Crippen LogP contribution is 2.24. The molecule has 1 rings (SSSR count). The predicted octanol–water partition coefficient (Wildman–Crippen LogP) is 2.11. The molecule has 0 aliphatic carbocycles. The maximum Gasteiger partial charge on any atom is 0.206 e. The standard InChI is InChI=1S/C9H12O3/c1-7(2)11-12-9-6-4-3-5-8(9)10/h3-7,10H,1-2H3. The summed E-state index contributed by atoms with van der Waals surface area (Å²) in [6, 6.07) is 6.66. The monoisotopic (exact) mass is 168 g/mol. The molecule has 3 heteroatoms. The fraction of sp³-hybridized carbons (Fsp3) is 0.333. The van der Waals surface area contributed by atoms with E-state index in [9.17, 15) is 5.11 Å². The van der Waals surface area contributed by atoms with Gasteiger partial charge in [0.1, 0.15) is 0 Å². The normalized spacial score (nSPS) is 10.2. The smallest absolute Gasteiger partial charge is 0.206 e. The number of benzene rings is 1. The summed E-state index contributed by atoms with van der Waals surface area (Å²) in [6.45, 7) is 3.69. The van der Waals surface area contributed by atoms with Crippen molar-refractivity contribution in [3.63, 3.8) is 0 Å². The van der Waals surface area contributed by atoms with E-state index in [1.165, 1.54) is 0 Å². The van der Waals surface area contributed by atoms with Crippen LogP contribution in [0.1, 0.15) is 13.8 Å². The Morgan fingerprint density at radius 2 is 1.92 bits per heavy atom. The van der Waals surface area contributed by atoms with Crippen LogP contribution in [-0.2, 0) is 4.89 Å². The maximum absolute atomic E-state index is 9.22. The second kappa shape index (κ2) is 3.97. The minimum absolute atomic E-state index is 0.0235. The summed E-state index contributed by atoms with van der Waals surface area (Å²) < 4.78 is 0. The first kappa shape index (κ1) is 8.87. The van der Waals surface area contributed by atoms with E-state index in [1.807, 2.05) is 13.8 Å². The maximum atomic E-state index is 9.22. The van der Waals surface area contributed by atoms with E-state index < -0.39 is 0 Å². The molecular weight excluding hydrogens is 156 g/mol. The molecule has 0 saturated carbocycles. The van der Waals surface area contributed by atoms with Crippen LogP contribution in [0, 0.1) is 0 Å². The first-order chi connectivity index (χ1) is 5.70. The van der Waals surface area contributed by atoms with Crippen LogP contribution < -0.4 is 4.89 Å². The van der Waals surface area contributed by atoms with E-state index in [0.717, 1.165) is 0 Å². The molecule has 0 aromatic heterocycles. The van der Waals surface area contributed by atoms with Crippen LogP contribution in [0.15, 0.2) is 24.3 Å². The van der Waals surface area contributed by atoms with Gasteiger partial charge in [0.2, 0.25) is 5.75 Å². The average Bonchev–Trinajstić information content (AvgIpc) is 2.03. The van der Waals surface area contributed by atoms with Crippen molar-refractivity contribution in [2.75, 3.05) is 0 Å². The molecular formula is C9H12O3. The van der Waals surface area contributed by atoms with Crippen molar-refractivity contribution in [2.45, 2.75) is 20.0 Å². The Labute approximate surface area is 71.5 Å². The Bertz CT molecular complexity index is 245. The van der Waals surface area contributed by atoms with Gasteiger partial charge in [-0.2, -0.15) is 4.89 Å². The highest BCUT2D eigenvalue weighted by molar-refractivity contribution is 5.37. The molecule has 1 aromatic rings. The minimum Gasteiger partial charge on any atom is -0.504 e. The molecule has 0 atom stereocenters. The lowest BCUT2D eigenvalue weighted by Gasteiger charge is -2.07. The Hall–Kier alpha value is -1.22. The summed E-state index contributed by atoms with van der Waals surface area (Å²) >= 11 is 0. The van der Waals surface area contributed by atoms with Gasteiger partial charge in [-0.3, -0.25) is 0 Å². The van der Waals surface area contributed by atoms with Gasteiger partial charge in [0, 0.05) is 0 Å². The summed E-state index contributed by atoms with van der Waals surface area (Å²) in [5.74, 6) is 0.421. The molecule has 1 aromatic carbocycles. The molecule has 0 heterocycles. The van der Waals surface area contributed by atoms with E-state index in [1.54, 1.807) is 24.3 Å². The first-order valence-electron chi connectivity index (χ1n) is 3.81. The van der Waals surface area contributed by atoms with Gasteiger partial charge in [0.15, 0.2) is 5.75 Å². The average molecular weight is 168 g/mol. The second-order valence-electron chi connectivity index (χ2n) is 2.70. The van der Waals surface area contributed by atoms with Crippen molar-refractivity contribution in [3.05, 3.63) is 24.3 Å². The molecule has 0 fully saturated rings. The molecule has 0 bridgehead atoms. The lowest BCUT2D eigenvalue weighted by atomic mass is 10.3. The van der Waals surface area contributed by atoms with Gasteiger partial charge in [0.25, 0.3) is 0 Å². The van der Waals surface area contributed by atoms with Crippen LogP contribution in [0.3, 0.4) is 0 Å². The SMILES string of the molecule is CC(C)OOc1ccccc1O. The summed E-state index contributed by atoms with van der Waals surface area (Å²) in [4.78, 5) is 9.70. The van der Waals surface area contributed by atoms with Crippen LogP contribution >= 0.6 is 0 Å². The van der Waals surface area contributed by atoms with Gasteiger partial charge in [-0.05, 0) is 26.0 Å². The Kier molecular flexibility index (Phi) is 2.94. The summed E-state index contributed by atoms with van der Waals surface area (Å²) in [5.41, 5.74) is 0. The molecule has 3 nitrogen and oxygen atoms in total. The quantitative estimate of drug-likeness (QED) is 0.555. The van der Waals surface area contributed by atoms with Gasteiger partial charge >= 0.3 is 0 Å². The van der Waals surface area contributed by atoms with E-state index in [-0.39, 0.29) is 11.9 Å². The zero-order valence-electron chi connectivity index (χ0n) is 7.15. The van der Waals surface area contributed by atoms with Crippen molar-refractivity contribution < 1.29 is 14.9 Å². The van der Waals surface area contributed by atoms with Gasteiger partial charge in [-0.15, -0.1) is 0 Å². The lowest BCUT2D eigenvalue weighted by Crippen LogP contribution is -2.05. The van der Waals surface area contributed by atoms with Crippen molar-refractivity contribution in [2.24, 2.45) is 0 Å². The van der Waals surface area contributed by atoms with Gasteiger partial charge < -0.3 is 9.99 Å². The van der Waals surface area contributed by atoms with Gasteiger partial charge in [-0.25, -0.2) is 0 Å². The number of aromatic hydroxyl groups is 1. The zero-order chi connectivity index (χ0) is 8.97. The molecule has 0 amide bonds. The number of hydrogen-bond acceptors (Lipinski definition) is 3. The third-order valence-electron chi connectivity index (χ3n) is 1.20. The Balaban J connectivity index is 2.57. The molecule has 0 spiro atoms. The fourth-order valence-corrected chi connectivity index (χ4v) is 0.676. The first-order valence-corrected chi connectivity index (χ1v) is 3.81. The molecule has 0 saturated heterocycles. The predicted molar refractivity (Wildman–Crippen MR) is 45.0 cm³/mol. The van der Waals surface area contributed by atoms with Crippen molar-refractivity contribution >= 4 is 0 Å². The van der Waals surface area contributed by atoms with E-state index >= 15 is 0 Å². The van der Waals surface area contributed by atoms with Crippen LogP contribution in [0.2, 0.25) is 0 Å². The molecule has 0 aliphatic rings. The van der Waals surface area contributed by atoms with E-state index in [2.05, 4.69) is 0 Å². The molecule has 0 aliphatic heterocycles. The topological polar surface area (TPSA) is 38.7 Å². The molecule has 66 valence electrons. The third-order valence-corrected chi connectivity index (χ3v) is 1.20. The molecule has 1 N–H and O–H groups in total. The second-order valence-corrected chi connectivity index (χ2v) is 2.70. The van der Waals surface area contributed by atoms with E-state index in [4.69, 9.17) is 9.78 Å². The Morgan fingerprint density at radius 3 is 2.50 bits per heavy atom. The third kappa shape index (κ3) is 2.43. The zero-order valence-corrected chi connectivity index (χ0v) is 7.15. The lowest BCUT2D eigenvalue weighted by molar-refractivity contribution is -0.235. The molecule has 0 unspecified atom stereocenters. The number of phenolic OH excluding ortho intramolecular Hbond substituents is 1. The van der Waals surface area contributed by atoms with Crippen molar-refractivity contribution in [3.8, 4) is 11.5 Å². The number of hydrogen-bond donors (Lipinski definition) is 1. The van der Waals surface area contributed by atoms with E-state index in [0.29, 0.717) is 5.75 Å². The number of para-hydroxylation sites is 2. The van der Waals surface area contributed by atoms with Gasteiger partial charge in [-0.1, -0.05) is 12.1 Å². The summed E-state index contributed by atoms with van der Waals surface area (Å²) in [6.07, 6.45) is -0.0235. The summed E-state index contributed by atoms with van der Waals surface area (Å²) in [7, 11) is 0. The number of rotatable bonds is 3. The molecule has 0 radical (unpaired) electrons. The number of phenols is 1. The molecule has 12 heavy (non-hydrogen) atoms. The van der Waals surface area contributed by atoms with Gasteiger partial charge in [0.05, 0.1) is 6.10 Å². The largest absolute Gasteiger partial charge is 0.504 e. The van der Waals surface area contributed by atoms with Crippen LogP contribution in [-0.4, -0.2) is 11.2 Å². The van der Waals surface area contributed by atoms with Crippen LogP contribution in [0.4, 0.5) is 0 Å². The van der Waals surface area contributed by atoms with Crippen LogP contribution in [0.5, 0.6) is 11.5 Å². The fourth-order valence-electron chi connectivity index (χ4n) is 0.676. The van der Waals surface area contributed by atoms with Crippen LogP contribution in [0.25, 0.3) is 0 Å². The highest BCUT2D eigenvalue weighted by atomic mass is 17.2. The minimum atomic E-state index is -0.0235. The Morgan fingerprint density at radius 1 is 1.25 bits per heavy atom. The van der Waals surface area contributed by atoms with Crippen molar-refractivity contribution in [1.82, 2.24) is 0 Å². The highest BCUT2D eigenvalue weighted by Gasteiger charge is 2.02. The van der Waals surface area contributed by atoms with Crippen molar-refractivity contribution in [1.29, 1.82) is 0 Å². The summed E-state index contributed by atoms with van der Waals surface area (Å²) in [5, 5.41) is 9.22.